The van der Waals surface area contributed by atoms with Crippen LogP contribution in [0.2, 0.25) is 0 Å². The SMILES string of the molecule is CC.CN=C(NC)C1CCC(C(C)(C)C)CC1.CN=C(NC)N1CCC(C(C)(C)C)CC1.CN=C(NC)c1ccc(C(C)(C)C)cc1. The van der Waals surface area contributed by atoms with Crippen LogP contribution in [0.25, 0.3) is 0 Å². The van der Waals surface area contributed by atoms with Crippen molar-refractivity contribution in [3.63, 3.8) is 0 Å². The zero-order chi connectivity index (χ0) is 36.4. The lowest BCUT2D eigenvalue weighted by atomic mass is 9.69. The molecule has 272 valence electrons. The number of nitrogens with zero attached hydrogens (tertiary/aromatic N) is 4. The number of amidine groups is 2. The van der Waals surface area contributed by atoms with Crippen molar-refractivity contribution < 1.29 is 0 Å². The van der Waals surface area contributed by atoms with Gasteiger partial charge in [0.05, 0.1) is 5.84 Å². The summed E-state index contributed by atoms with van der Waals surface area (Å²) in [5.41, 5.74) is 3.62. The van der Waals surface area contributed by atoms with Gasteiger partial charge in [-0.3, -0.25) is 15.0 Å². The molecule has 0 amide bonds. The summed E-state index contributed by atoms with van der Waals surface area (Å²) in [7, 11) is 11.4. The molecule has 3 N–H and O–H groups in total. The molecule has 7 nitrogen and oxygen atoms in total. The first-order valence-corrected chi connectivity index (χ1v) is 18.3. The second kappa shape index (κ2) is 21.4. The first-order valence-electron chi connectivity index (χ1n) is 18.3. The summed E-state index contributed by atoms with van der Waals surface area (Å²) in [6.07, 6.45) is 7.88. The van der Waals surface area contributed by atoms with Crippen LogP contribution in [0.15, 0.2) is 39.2 Å². The van der Waals surface area contributed by atoms with Gasteiger partial charge in [0.2, 0.25) is 0 Å². The van der Waals surface area contributed by atoms with Crippen molar-refractivity contribution in [2.24, 2.45) is 43.6 Å². The summed E-state index contributed by atoms with van der Waals surface area (Å²) >= 11 is 0. The zero-order valence-electron chi connectivity index (χ0n) is 34.0. The molecule has 1 aliphatic heterocycles. The summed E-state index contributed by atoms with van der Waals surface area (Å²) in [6.45, 7) is 27.1. The van der Waals surface area contributed by atoms with Gasteiger partial charge in [0.15, 0.2) is 5.96 Å². The Morgan fingerprint density at radius 3 is 1.40 bits per heavy atom. The van der Waals surface area contributed by atoms with Crippen LogP contribution >= 0.6 is 0 Å². The predicted octanol–water partition coefficient (Wildman–Crippen LogP) is 8.64. The molecule has 1 heterocycles. The second-order valence-electron chi connectivity index (χ2n) is 15.8. The number of nitrogens with one attached hydrogen (secondary N) is 3. The van der Waals surface area contributed by atoms with E-state index in [2.05, 4.69) is 122 Å². The average Bonchev–Trinajstić information content (AvgIpc) is 3.04. The van der Waals surface area contributed by atoms with Crippen LogP contribution in [0.5, 0.6) is 0 Å². The van der Waals surface area contributed by atoms with Crippen LogP contribution in [0.4, 0.5) is 0 Å². The van der Waals surface area contributed by atoms with E-state index in [0.29, 0.717) is 16.7 Å². The molecule has 0 atom stereocenters. The van der Waals surface area contributed by atoms with Crippen LogP contribution < -0.4 is 16.0 Å². The first-order chi connectivity index (χ1) is 22.0. The number of hydrogen-bond donors (Lipinski definition) is 3. The third kappa shape index (κ3) is 15.5. The van der Waals surface area contributed by atoms with E-state index in [1.54, 1.807) is 7.05 Å². The van der Waals surface area contributed by atoms with Crippen LogP contribution in [-0.2, 0) is 5.41 Å². The molecule has 0 unspecified atom stereocenters. The third-order valence-electron chi connectivity index (χ3n) is 9.78. The largest absolute Gasteiger partial charge is 0.377 e. The fraction of sp³-hybridized carbons (Fsp3) is 0.775. The predicted molar refractivity (Wildman–Crippen MR) is 212 cm³/mol. The Balaban J connectivity index is 0.000000657. The van der Waals surface area contributed by atoms with E-state index < -0.39 is 0 Å². The normalized spacial score (nSPS) is 20.0. The first kappa shape index (κ1) is 44.4. The summed E-state index contributed by atoms with van der Waals surface area (Å²) < 4.78 is 0. The minimum absolute atomic E-state index is 0.210. The number of aliphatic imine (C=N–C) groups is 3. The third-order valence-corrected chi connectivity index (χ3v) is 9.78. The lowest BCUT2D eigenvalue weighted by Crippen LogP contribution is -2.46. The average molecular weight is 656 g/mol. The summed E-state index contributed by atoms with van der Waals surface area (Å²) in [5.74, 6) is 5.58. The van der Waals surface area contributed by atoms with Gasteiger partial charge in [0.25, 0.3) is 0 Å². The molecule has 3 rings (SSSR count). The zero-order valence-corrected chi connectivity index (χ0v) is 34.0. The van der Waals surface area contributed by atoms with Crippen molar-refractivity contribution in [2.45, 2.75) is 120 Å². The van der Waals surface area contributed by atoms with Crippen molar-refractivity contribution in [3.8, 4) is 0 Å². The molecule has 47 heavy (non-hydrogen) atoms. The highest BCUT2D eigenvalue weighted by Gasteiger charge is 2.31. The van der Waals surface area contributed by atoms with Gasteiger partial charge in [-0.1, -0.05) is 100 Å². The second-order valence-corrected chi connectivity index (χ2v) is 15.8. The highest BCUT2D eigenvalue weighted by molar-refractivity contribution is 5.98. The molecule has 7 heteroatoms. The Bertz CT molecular complexity index is 1000. The molecule has 1 aromatic rings. The van der Waals surface area contributed by atoms with Gasteiger partial charge in [-0.2, -0.15) is 0 Å². The minimum atomic E-state index is 0.210. The maximum atomic E-state index is 4.32. The van der Waals surface area contributed by atoms with Crippen molar-refractivity contribution in [1.29, 1.82) is 0 Å². The van der Waals surface area contributed by atoms with Gasteiger partial charge in [-0.15, -0.1) is 0 Å². The number of benzene rings is 1. The topological polar surface area (TPSA) is 76.4 Å². The van der Waals surface area contributed by atoms with Crippen LogP contribution in [0.3, 0.4) is 0 Å². The molecule has 2 fully saturated rings. The summed E-state index contributed by atoms with van der Waals surface area (Å²) in [5, 5.41) is 9.45. The Morgan fingerprint density at radius 1 is 0.617 bits per heavy atom. The Labute approximate surface area is 292 Å². The quantitative estimate of drug-likeness (QED) is 0.220. The number of piperidine rings is 1. The van der Waals surface area contributed by atoms with Gasteiger partial charge < -0.3 is 20.9 Å². The summed E-state index contributed by atoms with van der Waals surface area (Å²) in [4.78, 5) is 15.1. The molecule has 0 aromatic heterocycles. The lowest BCUT2D eigenvalue weighted by Gasteiger charge is -2.39. The Hall–Kier alpha value is -2.57. The van der Waals surface area contributed by atoms with E-state index in [4.69, 9.17) is 0 Å². The monoisotopic (exact) mass is 656 g/mol. The number of hydrogen-bond acceptors (Lipinski definition) is 3. The molecule has 0 bridgehead atoms. The van der Waals surface area contributed by atoms with Crippen molar-refractivity contribution in [2.75, 3.05) is 55.4 Å². The van der Waals surface area contributed by atoms with E-state index in [1.165, 1.54) is 49.9 Å². The van der Waals surface area contributed by atoms with Gasteiger partial charge >= 0.3 is 0 Å². The molecule has 1 aromatic carbocycles. The van der Waals surface area contributed by atoms with Crippen molar-refractivity contribution >= 4 is 17.6 Å². The van der Waals surface area contributed by atoms with E-state index in [9.17, 15) is 0 Å². The fourth-order valence-electron chi connectivity index (χ4n) is 6.61. The maximum Gasteiger partial charge on any atom is 0.193 e. The van der Waals surface area contributed by atoms with E-state index in [-0.39, 0.29) is 5.41 Å². The standard InChI is InChI=1S/C13H26N2.C13H20N2.C12H25N3.C2H6/c2*1-13(2,3)11-8-6-10(7-9-11)12(14-4)15-5;1-12(2,3)10-6-8-15(9-7-10)11(13-4)14-5;1-2/h10-11H,6-9H2,1-5H3,(H,14,15);6-9H,1-5H3,(H,14,15);10H,6-9H2,1-5H3,(H,13,14);1-2H3. The van der Waals surface area contributed by atoms with Crippen LogP contribution in [0, 0.1) is 28.6 Å². The fourth-order valence-corrected chi connectivity index (χ4v) is 6.61. The molecule has 2 aliphatic rings. The molecule has 1 saturated heterocycles. The Kier molecular flexibility index (Phi) is 20.2. The Morgan fingerprint density at radius 2 is 1.09 bits per heavy atom. The number of guanidine groups is 1. The highest BCUT2D eigenvalue weighted by Crippen LogP contribution is 2.40. The smallest absolute Gasteiger partial charge is 0.193 e. The number of likely N-dealkylation sites (tertiary alicyclic amines) is 1. The van der Waals surface area contributed by atoms with E-state index in [0.717, 1.165) is 42.3 Å². The molecular weight excluding hydrogens is 578 g/mol. The van der Waals surface area contributed by atoms with Gasteiger partial charge in [0, 0.05) is 66.9 Å². The number of rotatable bonds is 2. The highest BCUT2D eigenvalue weighted by atomic mass is 15.3. The summed E-state index contributed by atoms with van der Waals surface area (Å²) in [6, 6.07) is 8.55. The molecule has 1 saturated carbocycles. The van der Waals surface area contributed by atoms with Crippen molar-refractivity contribution in [1.82, 2.24) is 20.9 Å². The molecule has 0 spiro atoms. The van der Waals surface area contributed by atoms with Crippen molar-refractivity contribution in [3.05, 3.63) is 35.4 Å². The van der Waals surface area contributed by atoms with E-state index >= 15 is 0 Å². The molecule has 1 aliphatic carbocycles. The lowest BCUT2D eigenvalue weighted by molar-refractivity contribution is 0.147. The van der Waals surface area contributed by atoms with E-state index in [1.807, 2.05) is 49.1 Å². The van der Waals surface area contributed by atoms with Gasteiger partial charge in [0.1, 0.15) is 5.84 Å². The maximum absolute atomic E-state index is 4.32. The van der Waals surface area contributed by atoms with Crippen LogP contribution in [0.1, 0.15) is 126 Å². The minimum Gasteiger partial charge on any atom is -0.377 e. The van der Waals surface area contributed by atoms with Crippen LogP contribution in [-0.4, -0.2) is 77.9 Å². The molecular formula is C40H77N7. The van der Waals surface area contributed by atoms with Gasteiger partial charge in [-0.25, -0.2) is 0 Å². The van der Waals surface area contributed by atoms with Gasteiger partial charge in [-0.05, 0) is 72.2 Å². The molecule has 0 radical (unpaired) electrons.